The second kappa shape index (κ2) is 6.22. The van der Waals surface area contributed by atoms with E-state index < -0.39 is 0 Å². The van der Waals surface area contributed by atoms with E-state index in [1.54, 1.807) is 0 Å². The summed E-state index contributed by atoms with van der Waals surface area (Å²) in [4.78, 5) is 22.5. The van der Waals surface area contributed by atoms with Crippen LogP contribution in [0, 0.1) is 0 Å². The highest BCUT2D eigenvalue weighted by Gasteiger charge is 2.19. The van der Waals surface area contributed by atoms with E-state index in [0.29, 0.717) is 31.8 Å². The lowest BCUT2D eigenvalue weighted by atomic mass is 10.1. The van der Waals surface area contributed by atoms with Crippen molar-refractivity contribution in [3.05, 3.63) is 0 Å². The van der Waals surface area contributed by atoms with E-state index in [-0.39, 0.29) is 17.9 Å². The standard InChI is InChI=1S/C10H17N3O3/c1-3-16-6-7(2)11-10(15)8-4-5-9(14)13-12-8/h7H,3-6H2,1-2H3,(H,11,15)(H,13,14). The lowest BCUT2D eigenvalue weighted by molar-refractivity contribution is -0.121. The summed E-state index contributed by atoms with van der Waals surface area (Å²) in [7, 11) is 0. The SMILES string of the molecule is CCOCC(C)NC(=O)C1=NNC(=O)CC1. The van der Waals surface area contributed by atoms with Crippen molar-refractivity contribution in [1.82, 2.24) is 10.7 Å². The minimum absolute atomic E-state index is 0.0622. The Morgan fingerprint density at radius 3 is 2.94 bits per heavy atom. The summed E-state index contributed by atoms with van der Waals surface area (Å²) in [6.45, 7) is 4.85. The number of rotatable bonds is 5. The average molecular weight is 227 g/mol. The second-order valence-electron chi connectivity index (χ2n) is 3.63. The average Bonchev–Trinajstić information content (AvgIpc) is 2.27. The maximum Gasteiger partial charge on any atom is 0.267 e. The van der Waals surface area contributed by atoms with Crippen LogP contribution in [0.4, 0.5) is 0 Å². The van der Waals surface area contributed by atoms with E-state index in [1.165, 1.54) is 0 Å². The molecular weight excluding hydrogens is 210 g/mol. The van der Waals surface area contributed by atoms with Gasteiger partial charge < -0.3 is 10.1 Å². The summed E-state index contributed by atoms with van der Waals surface area (Å²) in [5.74, 6) is -0.397. The fourth-order valence-electron chi connectivity index (χ4n) is 1.28. The molecule has 0 aromatic rings. The number of hydrazone groups is 1. The third-order valence-corrected chi connectivity index (χ3v) is 2.12. The van der Waals surface area contributed by atoms with Gasteiger partial charge in [0, 0.05) is 25.5 Å². The van der Waals surface area contributed by atoms with E-state index >= 15 is 0 Å². The quantitative estimate of drug-likeness (QED) is 0.682. The number of hydrogen-bond acceptors (Lipinski definition) is 4. The molecule has 16 heavy (non-hydrogen) atoms. The van der Waals surface area contributed by atoms with Crippen molar-refractivity contribution in [1.29, 1.82) is 0 Å². The van der Waals surface area contributed by atoms with Gasteiger partial charge in [0.2, 0.25) is 5.91 Å². The molecule has 0 aromatic heterocycles. The summed E-state index contributed by atoms with van der Waals surface area (Å²) in [6, 6.07) is -0.0622. The van der Waals surface area contributed by atoms with Crippen molar-refractivity contribution in [2.45, 2.75) is 32.7 Å². The zero-order chi connectivity index (χ0) is 12.0. The molecule has 0 radical (unpaired) electrons. The van der Waals surface area contributed by atoms with Crippen LogP contribution >= 0.6 is 0 Å². The molecule has 2 amide bonds. The van der Waals surface area contributed by atoms with E-state index in [2.05, 4.69) is 15.8 Å². The third-order valence-electron chi connectivity index (χ3n) is 2.12. The summed E-state index contributed by atoms with van der Waals surface area (Å²) in [5.41, 5.74) is 2.65. The Morgan fingerprint density at radius 1 is 1.62 bits per heavy atom. The summed E-state index contributed by atoms with van der Waals surface area (Å²) < 4.78 is 5.18. The van der Waals surface area contributed by atoms with Crippen LogP contribution in [0.15, 0.2) is 5.10 Å². The molecule has 1 unspecified atom stereocenters. The van der Waals surface area contributed by atoms with Gasteiger partial charge in [0.1, 0.15) is 5.71 Å². The molecule has 1 rings (SSSR count). The van der Waals surface area contributed by atoms with Gasteiger partial charge in [0.15, 0.2) is 0 Å². The molecule has 1 aliphatic rings. The highest BCUT2D eigenvalue weighted by molar-refractivity contribution is 6.39. The fourth-order valence-corrected chi connectivity index (χ4v) is 1.28. The largest absolute Gasteiger partial charge is 0.380 e. The van der Waals surface area contributed by atoms with Crippen molar-refractivity contribution < 1.29 is 14.3 Å². The van der Waals surface area contributed by atoms with Crippen LogP contribution in [0.2, 0.25) is 0 Å². The van der Waals surface area contributed by atoms with E-state index in [9.17, 15) is 9.59 Å². The van der Waals surface area contributed by atoms with Crippen LogP contribution in [0.5, 0.6) is 0 Å². The first kappa shape index (κ1) is 12.6. The van der Waals surface area contributed by atoms with Crippen molar-refractivity contribution in [2.24, 2.45) is 5.10 Å². The van der Waals surface area contributed by atoms with Crippen LogP contribution in [-0.2, 0) is 14.3 Å². The number of hydrogen-bond donors (Lipinski definition) is 2. The Labute approximate surface area is 94.4 Å². The highest BCUT2D eigenvalue weighted by Crippen LogP contribution is 2.00. The van der Waals surface area contributed by atoms with Crippen molar-refractivity contribution >= 4 is 17.5 Å². The van der Waals surface area contributed by atoms with Crippen LogP contribution in [0.3, 0.4) is 0 Å². The number of nitrogens with zero attached hydrogens (tertiary/aromatic N) is 1. The Bertz CT molecular complexity index is 302. The molecule has 1 atom stereocenters. The minimum Gasteiger partial charge on any atom is -0.380 e. The first-order valence-electron chi connectivity index (χ1n) is 5.37. The first-order valence-corrected chi connectivity index (χ1v) is 5.37. The molecule has 6 heteroatoms. The Kier molecular flexibility index (Phi) is 4.91. The minimum atomic E-state index is -0.243. The molecule has 90 valence electrons. The van der Waals surface area contributed by atoms with Gasteiger partial charge >= 0.3 is 0 Å². The number of ether oxygens (including phenoxy) is 1. The van der Waals surface area contributed by atoms with Gasteiger partial charge in [0.05, 0.1) is 6.61 Å². The number of nitrogens with one attached hydrogen (secondary N) is 2. The smallest absolute Gasteiger partial charge is 0.267 e. The first-order chi connectivity index (χ1) is 7.63. The summed E-state index contributed by atoms with van der Waals surface area (Å²) in [5, 5.41) is 6.46. The lowest BCUT2D eigenvalue weighted by Gasteiger charge is -2.16. The maximum absolute atomic E-state index is 11.6. The summed E-state index contributed by atoms with van der Waals surface area (Å²) >= 11 is 0. The van der Waals surface area contributed by atoms with E-state index in [1.807, 2.05) is 13.8 Å². The van der Waals surface area contributed by atoms with Gasteiger partial charge in [-0.05, 0) is 13.8 Å². The van der Waals surface area contributed by atoms with Crippen molar-refractivity contribution in [3.8, 4) is 0 Å². The zero-order valence-electron chi connectivity index (χ0n) is 9.58. The number of amides is 2. The Morgan fingerprint density at radius 2 is 2.38 bits per heavy atom. The predicted molar refractivity (Wildman–Crippen MR) is 58.9 cm³/mol. The molecule has 1 heterocycles. The van der Waals surface area contributed by atoms with Crippen molar-refractivity contribution in [3.63, 3.8) is 0 Å². The Hall–Kier alpha value is -1.43. The molecule has 0 fully saturated rings. The molecule has 0 saturated carbocycles. The molecule has 1 aliphatic heterocycles. The molecule has 0 aromatic carbocycles. The topological polar surface area (TPSA) is 79.8 Å². The predicted octanol–water partition coefficient (Wildman–Crippen LogP) is -0.206. The summed E-state index contributed by atoms with van der Waals surface area (Å²) in [6.07, 6.45) is 0.700. The maximum atomic E-state index is 11.6. The van der Waals surface area contributed by atoms with Gasteiger partial charge in [-0.2, -0.15) is 5.10 Å². The van der Waals surface area contributed by atoms with E-state index in [0.717, 1.165) is 0 Å². The molecule has 2 N–H and O–H groups in total. The molecule has 0 bridgehead atoms. The Balaban J connectivity index is 2.37. The second-order valence-corrected chi connectivity index (χ2v) is 3.63. The zero-order valence-corrected chi connectivity index (χ0v) is 9.58. The molecule has 0 spiro atoms. The fraction of sp³-hybridized carbons (Fsp3) is 0.700. The van der Waals surface area contributed by atoms with Crippen LogP contribution in [-0.4, -0.2) is 36.8 Å². The molecule has 6 nitrogen and oxygen atoms in total. The molecule has 0 aliphatic carbocycles. The van der Waals surface area contributed by atoms with E-state index in [4.69, 9.17) is 4.74 Å². The van der Waals surface area contributed by atoms with Crippen molar-refractivity contribution in [2.75, 3.05) is 13.2 Å². The lowest BCUT2D eigenvalue weighted by Crippen LogP contribution is -2.42. The normalized spacial score (nSPS) is 17.4. The van der Waals surface area contributed by atoms with Crippen LogP contribution in [0.25, 0.3) is 0 Å². The molecule has 0 saturated heterocycles. The van der Waals surface area contributed by atoms with Gasteiger partial charge in [-0.25, -0.2) is 5.43 Å². The van der Waals surface area contributed by atoms with Gasteiger partial charge in [-0.1, -0.05) is 0 Å². The van der Waals surface area contributed by atoms with Crippen LogP contribution in [0.1, 0.15) is 26.7 Å². The number of carbonyl (C=O) groups excluding carboxylic acids is 2. The monoisotopic (exact) mass is 227 g/mol. The van der Waals surface area contributed by atoms with Gasteiger partial charge in [-0.3, -0.25) is 9.59 Å². The van der Waals surface area contributed by atoms with Gasteiger partial charge in [-0.15, -0.1) is 0 Å². The van der Waals surface area contributed by atoms with Crippen LogP contribution < -0.4 is 10.7 Å². The van der Waals surface area contributed by atoms with Gasteiger partial charge in [0.25, 0.3) is 5.91 Å². The molecular formula is C10H17N3O3. The third kappa shape index (κ3) is 3.98. The highest BCUT2D eigenvalue weighted by atomic mass is 16.5. The number of carbonyl (C=O) groups is 2.